The van der Waals surface area contributed by atoms with Crippen LogP contribution in [0.5, 0.6) is 0 Å². The Bertz CT molecular complexity index is 327. The van der Waals surface area contributed by atoms with Crippen molar-refractivity contribution in [3.8, 4) is 0 Å². The average Bonchev–Trinajstić information content (AvgIpc) is 2.69. The van der Waals surface area contributed by atoms with Crippen molar-refractivity contribution in [2.45, 2.75) is 71.3 Å². The summed E-state index contributed by atoms with van der Waals surface area (Å²) < 4.78 is 2.38. The van der Waals surface area contributed by atoms with E-state index in [0.717, 1.165) is 0 Å². The highest BCUT2D eigenvalue weighted by Crippen LogP contribution is 2.26. The number of imidazole rings is 1. The molecule has 2 heteroatoms. The number of hydrogen-bond acceptors (Lipinski definition) is 1. The molecule has 0 bridgehead atoms. The van der Waals surface area contributed by atoms with Gasteiger partial charge in [0.1, 0.15) is 5.82 Å². The smallest absolute Gasteiger partial charge is 0.111 e. The summed E-state index contributed by atoms with van der Waals surface area (Å²) in [5.74, 6) is 2.00. The molecule has 0 amide bonds. The number of fused-ring (bicyclic) bond motifs is 1. The predicted octanol–water partition coefficient (Wildman–Crippen LogP) is 3.90. The molecule has 1 unspecified atom stereocenters. The zero-order valence-corrected chi connectivity index (χ0v) is 10.7. The van der Waals surface area contributed by atoms with Gasteiger partial charge in [0, 0.05) is 18.7 Å². The summed E-state index contributed by atoms with van der Waals surface area (Å²) in [5.41, 5.74) is 1.32. The molecule has 1 aliphatic rings. The topological polar surface area (TPSA) is 17.8 Å². The molecular formula is C14H24N2. The third kappa shape index (κ3) is 2.66. The molecule has 2 nitrogen and oxygen atoms in total. The van der Waals surface area contributed by atoms with E-state index in [1.807, 2.05) is 0 Å². The van der Waals surface area contributed by atoms with Gasteiger partial charge in [0.25, 0.3) is 0 Å². The molecule has 0 fully saturated rings. The normalized spacial score (nSPS) is 19.8. The van der Waals surface area contributed by atoms with E-state index in [-0.39, 0.29) is 0 Å². The van der Waals surface area contributed by atoms with Gasteiger partial charge in [-0.1, -0.05) is 33.1 Å². The van der Waals surface area contributed by atoms with Crippen molar-refractivity contribution in [2.75, 3.05) is 0 Å². The van der Waals surface area contributed by atoms with Gasteiger partial charge in [-0.25, -0.2) is 4.98 Å². The lowest BCUT2D eigenvalue weighted by Gasteiger charge is -2.19. The number of aromatic nitrogens is 2. The fourth-order valence-corrected chi connectivity index (χ4v) is 2.61. The van der Waals surface area contributed by atoms with Crippen LogP contribution in [0.1, 0.15) is 69.8 Å². The largest absolute Gasteiger partial charge is 0.334 e. The highest BCUT2D eigenvalue weighted by Gasteiger charge is 2.18. The molecule has 0 saturated heterocycles. The maximum Gasteiger partial charge on any atom is 0.111 e. The van der Waals surface area contributed by atoms with Gasteiger partial charge >= 0.3 is 0 Å². The fraction of sp³-hybridized carbons (Fsp3) is 0.786. The standard InChI is InChI=1S/C14H24N2/c1-3-4-5-6-9-13-11-16-10-7-8-12(2)14(16)15-13/h11-12H,3-10H2,1-2H3. The second-order valence-corrected chi connectivity index (χ2v) is 5.14. The Morgan fingerprint density at radius 3 is 3.00 bits per heavy atom. The van der Waals surface area contributed by atoms with E-state index in [4.69, 9.17) is 4.98 Å². The van der Waals surface area contributed by atoms with Crippen molar-refractivity contribution >= 4 is 0 Å². The molecule has 1 aromatic rings. The summed E-state index contributed by atoms with van der Waals surface area (Å²) in [7, 11) is 0. The molecule has 0 aliphatic carbocycles. The van der Waals surface area contributed by atoms with Crippen LogP contribution in [0.25, 0.3) is 0 Å². The van der Waals surface area contributed by atoms with Crippen molar-refractivity contribution in [3.05, 3.63) is 17.7 Å². The van der Waals surface area contributed by atoms with Gasteiger partial charge in [-0.05, 0) is 25.7 Å². The average molecular weight is 220 g/mol. The maximum atomic E-state index is 4.79. The van der Waals surface area contributed by atoms with Crippen molar-refractivity contribution in [3.63, 3.8) is 0 Å². The summed E-state index contributed by atoms with van der Waals surface area (Å²) in [6, 6.07) is 0. The summed E-state index contributed by atoms with van der Waals surface area (Å²) >= 11 is 0. The van der Waals surface area contributed by atoms with E-state index < -0.39 is 0 Å². The monoisotopic (exact) mass is 220 g/mol. The SMILES string of the molecule is CCCCCCc1cn2c(n1)C(C)CCC2. The third-order valence-corrected chi connectivity index (χ3v) is 3.62. The van der Waals surface area contributed by atoms with Crippen LogP contribution in [0, 0.1) is 0 Å². The lowest BCUT2D eigenvalue weighted by molar-refractivity contribution is 0.463. The van der Waals surface area contributed by atoms with Gasteiger partial charge in [-0.15, -0.1) is 0 Å². The third-order valence-electron chi connectivity index (χ3n) is 3.62. The Hall–Kier alpha value is -0.790. The molecule has 2 rings (SSSR count). The van der Waals surface area contributed by atoms with Crippen LogP contribution in [0.15, 0.2) is 6.20 Å². The maximum absolute atomic E-state index is 4.79. The van der Waals surface area contributed by atoms with Crippen LogP contribution in [0.4, 0.5) is 0 Å². The Kier molecular flexibility index (Phi) is 4.03. The minimum Gasteiger partial charge on any atom is -0.334 e. The summed E-state index contributed by atoms with van der Waals surface area (Å²) in [6.07, 6.45) is 11.4. The first-order valence-corrected chi connectivity index (χ1v) is 6.87. The Labute approximate surface area is 99.1 Å². The molecule has 90 valence electrons. The number of unbranched alkanes of at least 4 members (excludes halogenated alkanes) is 3. The highest BCUT2D eigenvalue weighted by molar-refractivity contribution is 5.09. The molecule has 0 aromatic carbocycles. The Balaban J connectivity index is 1.91. The molecule has 0 radical (unpaired) electrons. The van der Waals surface area contributed by atoms with Crippen LogP contribution >= 0.6 is 0 Å². The first kappa shape index (κ1) is 11.7. The molecule has 16 heavy (non-hydrogen) atoms. The number of nitrogens with zero attached hydrogens (tertiary/aromatic N) is 2. The van der Waals surface area contributed by atoms with E-state index in [2.05, 4.69) is 24.6 Å². The van der Waals surface area contributed by atoms with Crippen LogP contribution in [0.2, 0.25) is 0 Å². The molecule has 1 atom stereocenters. The van der Waals surface area contributed by atoms with Crippen LogP contribution in [-0.2, 0) is 13.0 Å². The van der Waals surface area contributed by atoms with Crippen LogP contribution < -0.4 is 0 Å². The Morgan fingerprint density at radius 1 is 1.38 bits per heavy atom. The minimum absolute atomic E-state index is 0.665. The van der Waals surface area contributed by atoms with Gasteiger partial charge in [0.2, 0.25) is 0 Å². The number of aryl methyl sites for hydroxylation is 2. The van der Waals surface area contributed by atoms with E-state index >= 15 is 0 Å². The molecule has 1 aliphatic heterocycles. The highest BCUT2D eigenvalue weighted by atomic mass is 15.1. The summed E-state index contributed by atoms with van der Waals surface area (Å²) in [5, 5.41) is 0. The lowest BCUT2D eigenvalue weighted by atomic mass is 10.0. The van der Waals surface area contributed by atoms with Gasteiger partial charge < -0.3 is 4.57 Å². The van der Waals surface area contributed by atoms with E-state index in [0.29, 0.717) is 5.92 Å². The van der Waals surface area contributed by atoms with Crippen molar-refractivity contribution in [1.82, 2.24) is 9.55 Å². The van der Waals surface area contributed by atoms with Gasteiger partial charge in [0.05, 0.1) is 5.69 Å². The quantitative estimate of drug-likeness (QED) is 0.688. The van der Waals surface area contributed by atoms with Crippen molar-refractivity contribution in [2.24, 2.45) is 0 Å². The van der Waals surface area contributed by atoms with Crippen LogP contribution in [0.3, 0.4) is 0 Å². The molecule has 0 spiro atoms. The molecule has 0 saturated carbocycles. The first-order valence-electron chi connectivity index (χ1n) is 6.87. The van der Waals surface area contributed by atoms with E-state index in [1.165, 1.54) is 63.0 Å². The molecular weight excluding hydrogens is 196 g/mol. The fourth-order valence-electron chi connectivity index (χ4n) is 2.61. The van der Waals surface area contributed by atoms with E-state index in [9.17, 15) is 0 Å². The second-order valence-electron chi connectivity index (χ2n) is 5.14. The van der Waals surface area contributed by atoms with Crippen molar-refractivity contribution in [1.29, 1.82) is 0 Å². The molecule has 0 N–H and O–H groups in total. The van der Waals surface area contributed by atoms with Gasteiger partial charge in [-0.3, -0.25) is 0 Å². The Morgan fingerprint density at radius 2 is 2.25 bits per heavy atom. The predicted molar refractivity (Wildman–Crippen MR) is 67.7 cm³/mol. The number of hydrogen-bond donors (Lipinski definition) is 0. The van der Waals surface area contributed by atoms with Crippen LogP contribution in [-0.4, -0.2) is 9.55 Å². The second kappa shape index (κ2) is 5.51. The van der Waals surface area contributed by atoms with Crippen molar-refractivity contribution < 1.29 is 0 Å². The first-order chi connectivity index (χ1) is 7.81. The lowest BCUT2D eigenvalue weighted by Crippen LogP contribution is -2.12. The van der Waals surface area contributed by atoms with Gasteiger partial charge in [-0.2, -0.15) is 0 Å². The number of rotatable bonds is 5. The summed E-state index contributed by atoms with van der Waals surface area (Å²) in [6.45, 7) is 5.75. The molecule has 1 aromatic heterocycles. The van der Waals surface area contributed by atoms with E-state index in [1.54, 1.807) is 0 Å². The molecule has 2 heterocycles. The van der Waals surface area contributed by atoms with Gasteiger partial charge in [0.15, 0.2) is 0 Å². The minimum atomic E-state index is 0.665. The zero-order valence-electron chi connectivity index (χ0n) is 10.7. The summed E-state index contributed by atoms with van der Waals surface area (Å²) in [4.78, 5) is 4.79. The zero-order chi connectivity index (χ0) is 11.4.